The van der Waals surface area contributed by atoms with Crippen LogP contribution in [0.15, 0.2) is 30.3 Å². The Morgan fingerprint density at radius 3 is 2.80 bits per heavy atom. The van der Waals surface area contributed by atoms with Crippen molar-refractivity contribution in [1.82, 2.24) is 10.2 Å². The molecule has 1 heterocycles. The van der Waals surface area contributed by atoms with Gasteiger partial charge in [-0.2, -0.15) is 0 Å². The zero-order chi connectivity index (χ0) is 14.4. The van der Waals surface area contributed by atoms with Crippen molar-refractivity contribution in [2.75, 3.05) is 19.8 Å². The van der Waals surface area contributed by atoms with E-state index in [-0.39, 0.29) is 19.1 Å². The number of carboxylic acid groups (broad SMARTS) is 1. The Morgan fingerprint density at radius 2 is 2.10 bits per heavy atom. The highest BCUT2D eigenvalue weighted by atomic mass is 16.5. The highest BCUT2D eigenvalue weighted by molar-refractivity contribution is 5.76. The third kappa shape index (κ3) is 3.96. The third-order valence-electron chi connectivity index (χ3n) is 3.19. The molecule has 6 heteroatoms. The number of nitrogens with zero attached hydrogens (tertiary/aromatic N) is 1. The molecule has 2 amide bonds. The van der Waals surface area contributed by atoms with Crippen molar-refractivity contribution < 1.29 is 19.4 Å². The van der Waals surface area contributed by atoms with E-state index in [1.807, 2.05) is 30.3 Å². The largest absolute Gasteiger partial charge is 0.481 e. The highest BCUT2D eigenvalue weighted by Crippen LogP contribution is 2.11. The van der Waals surface area contributed by atoms with Crippen LogP contribution < -0.4 is 5.32 Å². The van der Waals surface area contributed by atoms with E-state index in [0.717, 1.165) is 5.56 Å². The Bertz CT molecular complexity index is 464. The van der Waals surface area contributed by atoms with Gasteiger partial charge in [-0.1, -0.05) is 30.3 Å². The SMILES string of the molecule is O=C(O)CC1COCCN1C(=O)NCc1ccccc1. The maximum atomic E-state index is 12.1. The molecule has 2 N–H and O–H groups in total. The van der Waals surface area contributed by atoms with Gasteiger partial charge < -0.3 is 20.1 Å². The number of carboxylic acids is 1. The number of rotatable bonds is 4. The minimum atomic E-state index is -0.929. The number of carbonyl (C=O) groups excluding carboxylic acids is 1. The Kier molecular flexibility index (Phi) is 4.95. The van der Waals surface area contributed by atoms with Gasteiger partial charge in [-0.05, 0) is 5.56 Å². The van der Waals surface area contributed by atoms with Crippen LogP contribution in [-0.2, 0) is 16.1 Å². The summed E-state index contributed by atoms with van der Waals surface area (Å²) in [7, 11) is 0. The van der Waals surface area contributed by atoms with Crippen molar-refractivity contribution in [1.29, 1.82) is 0 Å². The van der Waals surface area contributed by atoms with E-state index in [4.69, 9.17) is 9.84 Å². The quantitative estimate of drug-likeness (QED) is 0.863. The summed E-state index contributed by atoms with van der Waals surface area (Å²) in [4.78, 5) is 24.5. The minimum absolute atomic E-state index is 0.0985. The number of benzene rings is 1. The summed E-state index contributed by atoms with van der Waals surface area (Å²) in [5.74, 6) is -0.929. The number of hydrogen-bond donors (Lipinski definition) is 2. The van der Waals surface area contributed by atoms with Crippen LogP contribution in [-0.4, -0.2) is 47.8 Å². The average molecular weight is 278 g/mol. The van der Waals surface area contributed by atoms with E-state index in [1.165, 1.54) is 0 Å². The predicted molar refractivity (Wildman–Crippen MR) is 72.2 cm³/mol. The predicted octanol–water partition coefficient (Wildman–Crippen LogP) is 1.07. The van der Waals surface area contributed by atoms with Crippen LogP contribution in [0.1, 0.15) is 12.0 Å². The number of amides is 2. The minimum Gasteiger partial charge on any atom is -0.481 e. The number of aliphatic carboxylic acids is 1. The van der Waals surface area contributed by atoms with Crippen molar-refractivity contribution in [2.24, 2.45) is 0 Å². The molecule has 0 bridgehead atoms. The molecular weight excluding hydrogens is 260 g/mol. The van der Waals surface area contributed by atoms with E-state index in [1.54, 1.807) is 4.90 Å². The van der Waals surface area contributed by atoms with Gasteiger partial charge >= 0.3 is 12.0 Å². The molecule has 1 aromatic carbocycles. The van der Waals surface area contributed by atoms with Gasteiger partial charge in [0.25, 0.3) is 0 Å². The second-order valence-corrected chi connectivity index (χ2v) is 4.66. The molecule has 0 aromatic heterocycles. The van der Waals surface area contributed by atoms with Gasteiger partial charge in [0.15, 0.2) is 0 Å². The fourth-order valence-electron chi connectivity index (χ4n) is 2.17. The fourth-order valence-corrected chi connectivity index (χ4v) is 2.17. The number of carbonyl (C=O) groups is 2. The normalized spacial score (nSPS) is 18.6. The van der Waals surface area contributed by atoms with E-state index in [2.05, 4.69) is 5.32 Å². The monoisotopic (exact) mass is 278 g/mol. The first-order chi connectivity index (χ1) is 9.66. The van der Waals surface area contributed by atoms with Crippen LogP contribution >= 0.6 is 0 Å². The molecule has 0 radical (unpaired) electrons. The van der Waals surface area contributed by atoms with Gasteiger partial charge in [0, 0.05) is 13.1 Å². The van der Waals surface area contributed by atoms with Crippen LogP contribution in [0.3, 0.4) is 0 Å². The molecule has 2 rings (SSSR count). The standard InChI is InChI=1S/C14H18N2O4/c17-13(18)8-12-10-20-7-6-16(12)14(19)15-9-11-4-2-1-3-5-11/h1-5,12H,6-10H2,(H,15,19)(H,17,18). The summed E-state index contributed by atoms with van der Waals surface area (Å²) >= 11 is 0. The second-order valence-electron chi connectivity index (χ2n) is 4.66. The van der Waals surface area contributed by atoms with Crippen molar-refractivity contribution >= 4 is 12.0 Å². The van der Waals surface area contributed by atoms with Crippen molar-refractivity contribution in [3.63, 3.8) is 0 Å². The van der Waals surface area contributed by atoms with Gasteiger partial charge in [0.2, 0.25) is 0 Å². The molecule has 1 atom stereocenters. The lowest BCUT2D eigenvalue weighted by Crippen LogP contribution is -2.53. The fraction of sp³-hybridized carbons (Fsp3) is 0.429. The first-order valence-corrected chi connectivity index (χ1v) is 6.55. The molecule has 1 aliphatic heterocycles. The molecule has 108 valence electrons. The van der Waals surface area contributed by atoms with Gasteiger partial charge in [-0.25, -0.2) is 4.79 Å². The maximum absolute atomic E-state index is 12.1. The maximum Gasteiger partial charge on any atom is 0.318 e. The van der Waals surface area contributed by atoms with Gasteiger partial charge in [0.05, 0.1) is 25.7 Å². The molecule has 0 aliphatic carbocycles. The Balaban J connectivity index is 1.90. The van der Waals surface area contributed by atoms with E-state index >= 15 is 0 Å². The number of morpholine rings is 1. The van der Waals surface area contributed by atoms with Crippen molar-refractivity contribution in [3.05, 3.63) is 35.9 Å². The molecule has 0 spiro atoms. The average Bonchev–Trinajstić information content (AvgIpc) is 2.46. The summed E-state index contributed by atoms with van der Waals surface area (Å²) in [5.41, 5.74) is 1.00. The highest BCUT2D eigenvalue weighted by Gasteiger charge is 2.28. The lowest BCUT2D eigenvalue weighted by Gasteiger charge is -2.34. The zero-order valence-corrected chi connectivity index (χ0v) is 11.1. The molecular formula is C14H18N2O4. The summed E-state index contributed by atoms with van der Waals surface area (Å²) in [6, 6.07) is 8.92. The van der Waals surface area contributed by atoms with Gasteiger partial charge in [-0.15, -0.1) is 0 Å². The summed E-state index contributed by atoms with van der Waals surface area (Å²) in [6.07, 6.45) is -0.0985. The zero-order valence-electron chi connectivity index (χ0n) is 11.1. The number of hydrogen-bond acceptors (Lipinski definition) is 3. The molecule has 1 saturated heterocycles. The third-order valence-corrected chi connectivity index (χ3v) is 3.19. The Hall–Kier alpha value is -2.08. The first kappa shape index (κ1) is 14.3. The molecule has 1 fully saturated rings. The van der Waals surface area contributed by atoms with E-state index < -0.39 is 12.0 Å². The van der Waals surface area contributed by atoms with Crippen molar-refractivity contribution in [3.8, 4) is 0 Å². The molecule has 1 aliphatic rings. The number of ether oxygens (including phenoxy) is 1. The van der Waals surface area contributed by atoms with Crippen LogP contribution in [0, 0.1) is 0 Å². The van der Waals surface area contributed by atoms with E-state index in [9.17, 15) is 9.59 Å². The Labute approximate surface area is 117 Å². The molecule has 6 nitrogen and oxygen atoms in total. The van der Waals surface area contributed by atoms with E-state index in [0.29, 0.717) is 19.7 Å². The molecule has 0 saturated carbocycles. The van der Waals surface area contributed by atoms with Gasteiger partial charge in [-0.3, -0.25) is 4.79 Å². The summed E-state index contributed by atoms with van der Waals surface area (Å²) < 4.78 is 5.24. The number of urea groups is 1. The first-order valence-electron chi connectivity index (χ1n) is 6.55. The smallest absolute Gasteiger partial charge is 0.318 e. The second kappa shape index (κ2) is 6.91. The molecule has 20 heavy (non-hydrogen) atoms. The summed E-state index contributed by atoms with van der Waals surface area (Å²) in [6.45, 7) is 1.55. The van der Waals surface area contributed by atoms with Crippen LogP contribution in [0.5, 0.6) is 0 Å². The molecule has 1 aromatic rings. The van der Waals surface area contributed by atoms with Crippen molar-refractivity contribution in [2.45, 2.75) is 19.0 Å². The van der Waals surface area contributed by atoms with Gasteiger partial charge in [0.1, 0.15) is 0 Å². The van der Waals surface area contributed by atoms with Crippen LogP contribution in [0.4, 0.5) is 4.79 Å². The number of nitrogens with one attached hydrogen (secondary N) is 1. The lowest BCUT2D eigenvalue weighted by molar-refractivity contribution is -0.139. The topological polar surface area (TPSA) is 78.9 Å². The Morgan fingerprint density at radius 1 is 1.35 bits per heavy atom. The van der Waals surface area contributed by atoms with Crippen LogP contribution in [0.25, 0.3) is 0 Å². The summed E-state index contributed by atoms with van der Waals surface area (Å²) in [5, 5.41) is 11.7. The molecule has 1 unspecified atom stereocenters. The van der Waals surface area contributed by atoms with Crippen LogP contribution in [0.2, 0.25) is 0 Å². The lowest BCUT2D eigenvalue weighted by atomic mass is 10.1.